The molecule has 0 bridgehead atoms. The minimum atomic E-state index is 1.16. The number of nitrogens with one attached hydrogen (secondary N) is 1. The highest BCUT2D eigenvalue weighted by Gasteiger charge is 2.01. The molecule has 0 aromatic carbocycles. The van der Waals surface area contributed by atoms with Gasteiger partial charge in [0.1, 0.15) is 0 Å². The van der Waals surface area contributed by atoms with Crippen molar-refractivity contribution >= 4 is 0 Å². The second kappa shape index (κ2) is 6.99. The molecular weight excluding hydrogens is 128 g/mol. The van der Waals surface area contributed by atoms with E-state index in [0.717, 1.165) is 13.1 Å². The van der Waals surface area contributed by atoms with Crippen molar-refractivity contribution in [3.63, 3.8) is 0 Å². The standard InChI is InChI=1S/C5H12N2.C2H6O/c1-7-4-2-6-3-5-7;1-3-2/h6H,2-5H2,1H3;1-2H3. The maximum atomic E-state index is 4.25. The van der Waals surface area contributed by atoms with Crippen LogP contribution in [-0.2, 0) is 4.74 Å². The van der Waals surface area contributed by atoms with Crippen LogP contribution in [0.4, 0.5) is 0 Å². The van der Waals surface area contributed by atoms with Crippen molar-refractivity contribution < 1.29 is 4.74 Å². The summed E-state index contributed by atoms with van der Waals surface area (Å²) in [5.74, 6) is 0. The van der Waals surface area contributed by atoms with E-state index < -0.39 is 0 Å². The van der Waals surface area contributed by atoms with Gasteiger partial charge in [-0.1, -0.05) is 0 Å². The van der Waals surface area contributed by atoms with Gasteiger partial charge < -0.3 is 15.0 Å². The van der Waals surface area contributed by atoms with Gasteiger partial charge in [-0.3, -0.25) is 0 Å². The lowest BCUT2D eigenvalue weighted by Crippen LogP contribution is -2.40. The lowest BCUT2D eigenvalue weighted by molar-refractivity contribution is 0.277. The minimum Gasteiger partial charge on any atom is -0.388 e. The number of nitrogens with zero attached hydrogens (tertiary/aromatic N) is 1. The molecule has 1 aliphatic rings. The molecule has 1 saturated heterocycles. The van der Waals surface area contributed by atoms with E-state index in [-0.39, 0.29) is 0 Å². The number of hydrogen-bond donors (Lipinski definition) is 1. The summed E-state index contributed by atoms with van der Waals surface area (Å²) in [5.41, 5.74) is 0. The van der Waals surface area contributed by atoms with E-state index in [4.69, 9.17) is 0 Å². The van der Waals surface area contributed by atoms with E-state index in [9.17, 15) is 0 Å². The van der Waals surface area contributed by atoms with Crippen LogP contribution in [0, 0.1) is 0 Å². The molecule has 62 valence electrons. The highest BCUT2D eigenvalue weighted by molar-refractivity contribution is 4.62. The molecule has 1 N–H and O–H groups in total. The Labute approximate surface area is 63.4 Å². The maximum Gasteiger partial charge on any atom is 0.0351 e. The van der Waals surface area contributed by atoms with Crippen LogP contribution in [0.15, 0.2) is 0 Å². The first-order chi connectivity index (χ1) is 4.81. The van der Waals surface area contributed by atoms with E-state index in [1.165, 1.54) is 13.1 Å². The van der Waals surface area contributed by atoms with Crippen molar-refractivity contribution in [3.05, 3.63) is 0 Å². The zero-order valence-corrected chi connectivity index (χ0v) is 7.18. The normalized spacial score (nSPS) is 19.5. The zero-order chi connectivity index (χ0) is 7.82. The van der Waals surface area contributed by atoms with Crippen molar-refractivity contribution in [1.82, 2.24) is 10.2 Å². The Kier molecular flexibility index (Phi) is 6.91. The molecule has 10 heavy (non-hydrogen) atoms. The van der Waals surface area contributed by atoms with Crippen LogP contribution < -0.4 is 5.32 Å². The summed E-state index contributed by atoms with van der Waals surface area (Å²) in [5, 5.41) is 3.27. The quantitative estimate of drug-likeness (QED) is 0.511. The molecule has 0 aromatic heterocycles. The van der Waals surface area contributed by atoms with E-state index >= 15 is 0 Å². The Morgan fingerprint density at radius 2 is 1.60 bits per heavy atom. The molecule has 0 aromatic rings. The Bertz CT molecular complexity index is 62.6. The van der Waals surface area contributed by atoms with Crippen LogP contribution in [0.3, 0.4) is 0 Å². The van der Waals surface area contributed by atoms with Crippen LogP contribution in [0.25, 0.3) is 0 Å². The van der Waals surface area contributed by atoms with Gasteiger partial charge >= 0.3 is 0 Å². The largest absolute Gasteiger partial charge is 0.388 e. The minimum absolute atomic E-state index is 1.16. The highest BCUT2D eigenvalue weighted by Crippen LogP contribution is 1.82. The average Bonchev–Trinajstić information content (AvgIpc) is 1.91. The average molecular weight is 146 g/mol. The fourth-order valence-corrected chi connectivity index (χ4v) is 0.777. The van der Waals surface area contributed by atoms with Gasteiger partial charge in [-0.25, -0.2) is 0 Å². The monoisotopic (exact) mass is 146 g/mol. The topological polar surface area (TPSA) is 24.5 Å². The molecule has 0 saturated carbocycles. The Balaban J connectivity index is 0.000000236. The number of methoxy groups -OCH3 is 1. The van der Waals surface area contributed by atoms with E-state index in [0.29, 0.717) is 0 Å². The van der Waals surface area contributed by atoms with Gasteiger partial charge in [0.2, 0.25) is 0 Å². The lowest BCUT2D eigenvalue weighted by Gasteiger charge is -2.21. The fraction of sp³-hybridized carbons (Fsp3) is 1.00. The van der Waals surface area contributed by atoms with Crippen molar-refractivity contribution in [2.75, 3.05) is 47.4 Å². The Hall–Kier alpha value is -0.120. The lowest BCUT2D eigenvalue weighted by atomic mass is 10.4. The molecule has 1 fully saturated rings. The SMILES string of the molecule is CN1CCNCC1.COC. The third-order valence-electron chi connectivity index (χ3n) is 1.34. The van der Waals surface area contributed by atoms with Crippen LogP contribution in [0.1, 0.15) is 0 Å². The Morgan fingerprint density at radius 3 is 1.80 bits per heavy atom. The predicted molar refractivity (Wildman–Crippen MR) is 43.3 cm³/mol. The van der Waals surface area contributed by atoms with Crippen LogP contribution >= 0.6 is 0 Å². The summed E-state index contributed by atoms with van der Waals surface area (Å²) in [4.78, 5) is 2.33. The first-order valence-electron chi connectivity index (χ1n) is 3.60. The molecule has 0 amide bonds. The number of ether oxygens (including phenoxy) is 1. The van der Waals surface area contributed by atoms with Crippen LogP contribution in [0.2, 0.25) is 0 Å². The molecule has 0 unspecified atom stereocenters. The molecule has 3 nitrogen and oxygen atoms in total. The van der Waals surface area contributed by atoms with E-state index in [1.807, 2.05) is 0 Å². The summed E-state index contributed by atoms with van der Waals surface area (Å²) in [6.07, 6.45) is 0. The number of likely N-dealkylation sites (N-methyl/N-ethyl adjacent to an activating group) is 1. The predicted octanol–water partition coefficient (Wildman–Crippen LogP) is -0.216. The number of hydrogen-bond acceptors (Lipinski definition) is 3. The summed E-state index contributed by atoms with van der Waals surface area (Å²) in [7, 11) is 5.40. The Morgan fingerprint density at radius 1 is 1.20 bits per heavy atom. The highest BCUT2D eigenvalue weighted by atomic mass is 16.4. The van der Waals surface area contributed by atoms with Gasteiger partial charge in [-0.15, -0.1) is 0 Å². The zero-order valence-electron chi connectivity index (χ0n) is 7.18. The number of piperazine rings is 1. The molecule has 0 radical (unpaired) electrons. The second-order valence-corrected chi connectivity index (χ2v) is 2.46. The van der Waals surface area contributed by atoms with Crippen LogP contribution in [0.5, 0.6) is 0 Å². The third kappa shape index (κ3) is 6.01. The fourth-order valence-electron chi connectivity index (χ4n) is 0.777. The van der Waals surface area contributed by atoms with Gasteiger partial charge in [-0.2, -0.15) is 0 Å². The van der Waals surface area contributed by atoms with E-state index in [1.54, 1.807) is 14.2 Å². The molecule has 3 heteroatoms. The van der Waals surface area contributed by atoms with Gasteiger partial charge in [0, 0.05) is 40.4 Å². The van der Waals surface area contributed by atoms with Gasteiger partial charge in [0.25, 0.3) is 0 Å². The van der Waals surface area contributed by atoms with Crippen molar-refractivity contribution in [3.8, 4) is 0 Å². The molecule has 1 heterocycles. The number of rotatable bonds is 0. The summed E-state index contributed by atoms with van der Waals surface area (Å²) in [6.45, 7) is 4.74. The first kappa shape index (κ1) is 9.88. The first-order valence-corrected chi connectivity index (χ1v) is 3.60. The second-order valence-electron chi connectivity index (χ2n) is 2.46. The van der Waals surface area contributed by atoms with Gasteiger partial charge in [0.15, 0.2) is 0 Å². The molecule has 0 atom stereocenters. The molecule has 0 spiro atoms. The summed E-state index contributed by atoms with van der Waals surface area (Å²) < 4.78 is 4.25. The molecule has 1 rings (SSSR count). The maximum absolute atomic E-state index is 4.25. The molecular formula is C7H18N2O. The summed E-state index contributed by atoms with van der Waals surface area (Å²) >= 11 is 0. The molecule has 0 aliphatic carbocycles. The van der Waals surface area contributed by atoms with Gasteiger partial charge in [0.05, 0.1) is 0 Å². The smallest absolute Gasteiger partial charge is 0.0351 e. The van der Waals surface area contributed by atoms with E-state index in [2.05, 4.69) is 22.0 Å². The molecule has 1 aliphatic heterocycles. The van der Waals surface area contributed by atoms with Crippen molar-refractivity contribution in [2.24, 2.45) is 0 Å². The summed E-state index contributed by atoms with van der Waals surface area (Å²) in [6, 6.07) is 0. The van der Waals surface area contributed by atoms with Crippen molar-refractivity contribution in [2.45, 2.75) is 0 Å². The third-order valence-corrected chi connectivity index (χ3v) is 1.34. The van der Waals surface area contributed by atoms with Crippen LogP contribution in [-0.4, -0.2) is 52.3 Å². The van der Waals surface area contributed by atoms with Gasteiger partial charge in [-0.05, 0) is 7.05 Å². The van der Waals surface area contributed by atoms with Crippen molar-refractivity contribution in [1.29, 1.82) is 0 Å².